The number of alkyl carbamates (subject to hydrolysis) is 2. The highest BCUT2D eigenvalue weighted by atomic mass is 35.5. The van der Waals surface area contributed by atoms with Crippen molar-refractivity contribution in [1.82, 2.24) is 26.6 Å². The molecule has 0 bridgehead atoms. The van der Waals surface area contributed by atoms with Crippen LogP contribution < -0.4 is 26.6 Å². The smallest absolute Gasteiger partial charge is 0.408 e. The van der Waals surface area contributed by atoms with E-state index in [1.165, 1.54) is 0 Å². The largest absolute Gasteiger partial charge is 0.445 e. The summed E-state index contributed by atoms with van der Waals surface area (Å²) in [6.45, 7) is 12.9. The fourth-order valence-corrected chi connectivity index (χ4v) is 3.45. The van der Waals surface area contributed by atoms with Gasteiger partial charge in [0, 0.05) is 23.2 Å². The lowest BCUT2D eigenvalue weighted by Crippen LogP contribution is -2.58. The minimum absolute atomic E-state index is 0.0494. The Morgan fingerprint density at radius 1 is 0.897 bits per heavy atom. The van der Waals surface area contributed by atoms with Gasteiger partial charge in [0.1, 0.15) is 24.4 Å². The number of urea groups is 1. The first-order chi connectivity index (χ1) is 18.2. The van der Waals surface area contributed by atoms with Crippen molar-refractivity contribution in [3.05, 3.63) is 34.9 Å². The molecule has 1 aromatic carbocycles. The monoisotopic (exact) mass is 569 g/mol. The van der Waals surface area contributed by atoms with E-state index < -0.39 is 41.9 Å². The molecule has 0 saturated heterocycles. The predicted molar refractivity (Wildman–Crippen MR) is 150 cm³/mol. The molecule has 0 unspecified atom stereocenters. The Morgan fingerprint density at radius 3 is 2.15 bits per heavy atom. The predicted octanol–water partition coefficient (Wildman–Crippen LogP) is 4.44. The van der Waals surface area contributed by atoms with Crippen LogP contribution in [0.5, 0.6) is 0 Å². The second kappa shape index (κ2) is 16.7. The van der Waals surface area contributed by atoms with E-state index in [9.17, 15) is 19.2 Å². The van der Waals surface area contributed by atoms with Gasteiger partial charge in [0.2, 0.25) is 5.91 Å². The first-order valence-electron chi connectivity index (χ1n) is 13.2. The van der Waals surface area contributed by atoms with Crippen molar-refractivity contribution >= 4 is 35.7 Å². The van der Waals surface area contributed by atoms with Gasteiger partial charge in [-0.2, -0.15) is 0 Å². The van der Waals surface area contributed by atoms with Crippen LogP contribution in [0.4, 0.5) is 14.4 Å². The summed E-state index contributed by atoms with van der Waals surface area (Å²) >= 11 is 6.07. The minimum atomic E-state index is -0.914. The SMILES string of the molecule is CC(C)NC(=O)N[C@@H](NC(=O)[C@H](CCCCNC(=O)OCc1ccccc1Cl)NC(=O)OC(C)(C)C)C(C)C. The molecule has 220 valence electrons. The summed E-state index contributed by atoms with van der Waals surface area (Å²) in [5, 5.41) is 14.1. The summed E-state index contributed by atoms with van der Waals surface area (Å²) in [5.74, 6) is -0.577. The quantitative estimate of drug-likeness (QED) is 0.175. The van der Waals surface area contributed by atoms with Crippen LogP contribution in [0, 0.1) is 5.92 Å². The van der Waals surface area contributed by atoms with Crippen LogP contribution >= 0.6 is 11.6 Å². The zero-order valence-corrected chi connectivity index (χ0v) is 24.7. The second-order valence-electron chi connectivity index (χ2n) is 10.8. The number of unbranched alkanes of at least 4 members (excludes halogenated alkanes) is 1. The molecule has 12 heteroatoms. The van der Waals surface area contributed by atoms with Crippen LogP contribution in [-0.2, 0) is 20.9 Å². The van der Waals surface area contributed by atoms with E-state index in [4.69, 9.17) is 21.1 Å². The van der Waals surface area contributed by atoms with Gasteiger partial charge in [0.05, 0.1) is 0 Å². The van der Waals surface area contributed by atoms with Gasteiger partial charge < -0.3 is 36.1 Å². The van der Waals surface area contributed by atoms with E-state index in [1.54, 1.807) is 45.0 Å². The van der Waals surface area contributed by atoms with Crippen molar-refractivity contribution in [2.24, 2.45) is 5.92 Å². The molecular weight excluding hydrogens is 526 g/mol. The fraction of sp³-hybridized carbons (Fsp3) is 0.630. The zero-order valence-electron chi connectivity index (χ0n) is 24.0. The Labute approximate surface area is 236 Å². The van der Waals surface area contributed by atoms with Crippen LogP contribution in [0.2, 0.25) is 5.02 Å². The van der Waals surface area contributed by atoms with Gasteiger partial charge in [-0.15, -0.1) is 0 Å². The van der Waals surface area contributed by atoms with Gasteiger partial charge in [0.15, 0.2) is 0 Å². The van der Waals surface area contributed by atoms with Gasteiger partial charge >= 0.3 is 18.2 Å². The molecule has 0 saturated carbocycles. The summed E-state index contributed by atoms with van der Waals surface area (Å²) < 4.78 is 10.5. The first-order valence-corrected chi connectivity index (χ1v) is 13.6. The summed E-state index contributed by atoms with van der Waals surface area (Å²) in [4.78, 5) is 49.7. The van der Waals surface area contributed by atoms with E-state index in [1.807, 2.05) is 27.7 Å². The van der Waals surface area contributed by atoms with E-state index in [0.29, 0.717) is 30.0 Å². The van der Waals surface area contributed by atoms with Gasteiger partial charge in [0.25, 0.3) is 0 Å². The maximum Gasteiger partial charge on any atom is 0.408 e. The molecule has 0 radical (unpaired) electrons. The third kappa shape index (κ3) is 15.1. The summed E-state index contributed by atoms with van der Waals surface area (Å²) in [7, 11) is 0. The average molecular weight is 570 g/mol. The van der Waals surface area contributed by atoms with Crippen LogP contribution in [0.3, 0.4) is 0 Å². The van der Waals surface area contributed by atoms with Crippen molar-refractivity contribution in [3.8, 4) is 0 Å². The van der Waals surface area contributed by atoms with E-state index in [2.05, 4.69) is 26.6 Å². The molecule has 2 atom stereocenters. The van der Waals surface area contributed by atoms with Crippen molar-refractivity contribution in [2.45, 2.75) is 98.2 Å². The number of ether oxygens (including phenoxy) is 2. The van der Waals surface area contributed by atoms with Crippen molar-refractivity contribution in [1.29, 1.82) is 0 Å². The molecule has 5 N–H and O–H groups in total. The second-order valence-corrected chi connectivity index (χ2v) is 11.2. The fourth-order valence-electron chi connectivity index (χ4n) is 3.26. The Kier molecular flexibility index (Phi) is 14.5. The van der Waals surface area contributed by atoms with Crippen molar-refractivity contribution in [2.75, 3.05) is 6.54 Å². The molecule has 5 amide bonds. The molecule has 0 heterocycles. The van der Waals surface area contributed by atoms with Gasteiger partial charge in [-0.3, -0.25) is 4.79 Å². The molecule has 0 aliphatic carbocycles. The molecule has 39 heavy (non-hydrogen) atoms. The number of benzene rings is 1. The maximum atomic E-state index is 13.1. The normalized spacial score (nSPS) is 12.8. The van der Waals surface area contributed by atoms with Crippen LogP contribution in [0.1, 0.15) is 73.3 Å². The highest BCUT2D eigenvalue weighted by molar-refractivity contribution is 6.31. The Bertz CT molecular complexity index is 951. The number of hydrogen-bond donors (Lipinski definition) is 5. The van der Waals surface area contributed by atoms with E-state index >= 15 is 0 Å². The number of carbonyl (C=O) groups is 4. The number of carbonyl (C=O) groups excluding carboxylic acids is 4. The van der Waals surface area contributed by atoms with E-state index in [0.717, 1.165) is 0 Å². The molecular formula is C27H44ClN5O6. The van der Waals surface area contributed by atoms with E-state index in [-0.39, 0.29) is 25.0 Å². The summed E-state index contributed by atoms with van der Waals surface area (Å²) in [6, 6.07) is 5.69. The lowest BCUT2D eigenvalue weighted by Gasteiger charge is -2.28. The molecule has 1 aromatic rings. The lowest BCUT2D eigenvalue weighted by atomic mass is 10.1. The first kappa shape index (κ1) is 33.8. The molecule has 0 spiro atoms. The van der Waals surface area contributed by atoms with Gasteiger partial charge in [-0.25, -0.2) is 14.4 Å². The Hall–Kier alpha value is -3.21. The summed E-state index contributed by atoms with van der Waals surface area (Å²) in [6.07, 6.45) is -0.647. The molecule has 0 aliphatic heterocycles. The van der Waals surface area contributed by atoms with Gasteiger partial charge in [-0.1, -0.05) is 43.6 Å². The summed E-state index contributed by atoms with van der Waals surface area (Å²) in [5.41, 5.74) is -0.0386. The maximum absolute atomic E-state index is 13.1. The Balaban J connectivity index is 2.65. The molecule has 0 aliphatic rings. The Morgan fingerprint density at radius 2 is 1.56 bits per heavy atom. The van der Waals surface area contributed by atoms with Crippen molar-refractivity contribution in [3.63, 3.8) is 0 Å². The average Bonchev–Trinajstić information content (AvgIpc) is 2.80. The van der Waals surface area contributed by atoms with Crippen LogP contribution in [0.25, 0.3) is 0 Å². The number of hydrogen-bond acceptors (Lipinski definition) is 6. The standard InChI is InChI=1S/C27H44ClN5O6/c1-17(2)22(33-24(35)30-18(3)4)32-23(34)21(31-26(37)39-27(5,6)7)14-10-11-15-29-25(36)38-16-19-12-8-9-13-20(19)28/h8-9,12-13,17-18,21-22H,10-11,14-16H2,1-7H3,(H,29,36)(H,31,37)(H,32,34)(H2,30,33,35)/t21-,22+/m0/s1. The molecule has 0 fully saturated rings. The third-order valence-corrected chi connectivity index (χ3v) is 5.55. The minimum Gasteiger partial charge on any atom is -0.445 e. The highest BCUT2D eigenvalue weighted by Gasteiger charge is 2.27. The number of rotatable bonds is 13. The highest BCUT2D eigenvalue weighted by Crippen LogP contribution is 2.15. The molecule has 1 rings (SSSR count). The zero-order chi connectivity index (χ0) is 29.6. The lowest BCUT2D eigenvalue weighted by molar-refractivity contribution is -0.124. The van der Waals surface area contributed by atoms with Crippen molar-refractivity contribution < 1.29 is 28.7 Å². The van der Waals surface area contributed by atoms with Crippen LogP contribution in [0.15, 0.2) is 24.3 Å². The number of nitrogens with one attached hydrogen (secondary N) is 5. The number of halogens is 1. The number of amides is 5. The van der Waals surface area contributed by atoms with Crippen LogP contribution in [-0.4, -0.2) is 54.5 Å². The van der Waals surface area contributed by atoms with Gasteiger partial charge in [-0.05, 0) is 65.9 Å². The topological polar surface area (TPSA) is 147 Å². The molecule has 0 aromatic heterocycles. The molecule has 11 nitrogen and oxygen atoms in total. The third-order valence-electron chi connectivity index (χ3n) is 5.18.